The summed E-state index contributed by atoms with van der Waals surface area (Å²) >= 11 is 0. The summed E-state index contributed by atoms with van der Waals surface area (Å²) < 4.78 is 0. The minimum absolute atomic E-state index is 0.0511. The van der Waals surface area contributed by atoms with Gasteiger partial charge in [0.25, 0.3) is 0 Å². The average molecular weight is 257 g/mol. The third-order valence-electron chi connectivity index (χ3n) is 3.19. The van der Waals surface area contributed by atoms with Crippen LogP contribution in [0.2, 0.25) is 0 Å². The number of imidazole rings is 1. The molecule has 2 aromatic heterocycles. The lowest BCUT2D eigenvalue weighted by Crippen LogP contribution is -2.13. The van der Waals surface area contributed by atoms with Crippen molar-refractivity contribution in [3.63, 3.8) is 0 Å². The summed E-state index contributed by atoms with van der Waals surface area (Å²) in [6.45, 7) is 13.0. The summed E-state index contributed by atoms with van der Waals surface area (Å²) in [5, 5.41) is 0. The van der Waals surface area contributed by atoms with Gasteiger partial charge in [0.1, 0.15) is 5.82 Å². The van der Waals surface area contributed by atoms with Crippen molar-refractivity contribution in [1.82, 2.24) is 15.0 Å². The molecule has 3 nitrogen and oxygen atoms in total. The normalized spacial score (nSPS) is 12.7. The average Bonchev–Trinajstić information content (AvgIpc) is 2.77. The van der Waals surface area contributed by atoms with Crippen LogP contribution in [-0.2, 0) is 10.8 Å². The Labute approximate surface area is 115 Å². The second kappa shape index (κ2) is 4.48. The zero-order chi connectivity index (χ0) is 14.3. The van der Waals surface area contributed by atoms with Crippen LogP contribution in [0.4, 0.5) is 0 Å². The van der Waals surface area contributed by atoms with Crippen LogP contribution in [0.3, 0.4) is 0 Å². The molecule has 0 aliphatic heterocycles. The molecule has 0 saturated heterocycles. The molecular weight excluding hydrogens is 234 g/mol. The van der Waals surface area contributed by atoms with E-state index in [0.717, 1.165) is 22.8 Å². The van der Waals surface area contributed by atoms with Crippen LogP contribution in [0.15, 0.2) is 24.5 Å². The molecule has 2 aromatic rings. The van der Waals surface area contributed by atoms with Crippen molar-refractivity contribution in [2.24, 2.45) is 0 Å². The largest absolute Gasteiger partial charge is 0.341 e. The van der Waals surface area contributed by atoms with Crippen molar-refractivity contribution in [1.29, 1.82) is 0 Å². The van der Waals surface area contributed by atoms with Gasteiger partial charge in [-0.15, -0.1) is 0 Å². The maximum Gasteiger partial charge on any atom is 0.137 e. The maximum absolute atomic E-state index is 4.49. The quantitative estimate of drug-likeness (QED) is 0.836. The summed E-state index contributed by atoms with van der Waals surface area (Å²) in [4.78, 5) is 12.4. The summed E-state index contributed by atoms with van der Waals surface area (Å²) in [7, 11) is 0. The number of hydrogen-bond donors (Lipinski definition) is 1. The van der Waals surface area contributed by atoms with Crippen LogP contribution >= 0.6 is 0 Å². The lowest BCUT2D eigenvalue weighted by molar-refractivity contribution is 0.568. The summed E-state index contributed by atoms with van der Waals surface area (Å²) in [5.41, 5.74) is 3.46. The van der Waals surface area contributed by atoms with Gasteiger partial charge in [0.05, 0.1) is 0 Å². The second-order valence-corrected chi connectivity index (χ2v) is 7.08. The first-order valence-corrected chi connectivity index (χ1v) is 6.70. The van der Waals surface area contributed by atoms with Gasteiger partial charge in [-0.25, -0.2) is 4.98 Å². The van der Waals surface area contributed by atoms with E-state index in [-0.39, 0.29) is 10.8 Å². The molecular formula is C16H23N3. The molecule has 2 heterocycles. The zero-order valence-corrected chi connectivity index (χ0v) is 12.7. The Morgan fingerprint density at radius 2 is 1.63 bits per heavy atom. The van der Waals surface area contributed by atoms with Crippen molar-refractivity contribution in [2.75, 3.05) is 0 Å². The Hall–Kier alpha value is -1.64. The number of hydrogen-bond acceptors (Lipinski definition) is 2. The summed E-state index contributed by atoms with van der Waals surface area (Å²) in [5.74, 6) is 0.915. The maximum atomic E-state index is 4.49. The van der Waals surface area contributed by atoms with Crippen LogP contribution in [0.25, 0.3) is 11.4 Å². The molecule has 0 aliphatic carbocycles. The third-order valence-corrected chi connectivity index (χ3v) is 3.19. The van der Waals surface area contributed by atoms with Crippen molar-refractivity contribution in [2.45, 2.75) is 52.4 Å². The number of nitrogens with one attached hydrogen (secondary N) is 1. The molecule has 0 amide bonds. The number of rotatable bonds is 1. The molecule has 19 heavy (non-hydrogen) atoms. The molecule has 0 aliphatic rings. The molecule has 3 heteroatoms. The molecule has 0 unspecified atom stereocenters. The van der Waals surface area contributed by atoms with E-state index in [1.165, 1.54) is 0 Å². The Morgan fingerprint density at radius 3 is 2.16 bits per heavy atom. The highest BCUT2D eigenvalue weighted by atomic mass is 14.9. The summed E-state index contributed by atoms with van der Waals surface area (Å²) in [6, 6.07) is 4.12. The highest BCUT2D eigenvalue weighted by molar-refractivity contribution is 5.56. The molecule has 1 N–H and O–H groups in total. The lowest BCUT2D eigenvalue weighted by Gasteiger charge is -2.18. The lowest BCUT2D eigenvalue weighted by atomic mass is 9.91. The number of aromatic nitrogens is 3. The topological polar surface area (TPSA) is 41.6 Å². The van der Waals surface area contributed by atoms with E-state index in [4.69, 9.17) is 0 Å². The van der Waals surface area contributed by atoms with E-state index in [2.05, 4.69) is 62.6 Å². The predicted molar refractivity (Wildman–Crippen MR) is 79.2 cm³/mol. The monoisotopic (exact) mass is 257 g/mol. The van der Waals surface area contributed by atoms with Crippen molar-refractivity contribution in [3.8, 4) is 11.4 Å². The molecule has 0 spiro atoms. The molecule has 0 fully saturated rings. The number of aromatic amines is 1. The molecule has 0 atom stereocenters. The summed E-state index contributed by atoms with van der Waals surface area (Å²) in [6.07, 6.45) is 3.78. The van der Waals surface area contributed by atoms with Crippen LogP contribution in [0.1, 0.15) is 52.9 Å². The minimum atomic E-state index is 0.0511. The third kappa shape index (κ3) is 3.03. The highest BCUT2D eigenvalue weighted by Crippen LogP contribution is 2.26. The molecule has 0 bridgehead atoms. The van der Waals surface area contributed by atoms with Crippen molar-refractivity contribution < 1.29 is 0 Å². The number of H-pyrrole nitrogens is 1. The second-order valence-electron chi connectivity index (χ2n) is 7.08. The fourth-order valence-corrected chi connectivity index (χ4v) is 1.84. The van der Waals surface area contributed by atoms with Crippen molar-refractivity contribution >= 4 is 0 Å². The van der Waals surface area contributed by atoms with Crippen molar-refractivity contribution in [3.05, 3.63) is 35.9 Å². The van der Waals surface area contributed by atoms with Crippen LogP contribution in [0.5, 0.6) is 0 Å². The van der Waals surface area contributed by atoms with Gasteiger partial charge in [-0.2, -0.15) is 0 Å². The first kappa shape index (κ1) is 13.8. The van der Waals surface area contributed by atoms with Gasteiger partial charge in [0, 0.05) is 40.2 Å². The van der Waals surface area contributed by atoms with Gasteiger partial charge in [-0.1, -0.05) is 41.5 Å². The number of nitrogens with zero attached hydrogens (tertiary/aromatic N) is 2. The van der Waals surface area contributed by atoms with Gasteiger partial charge in [-0.3, -0.25) is 4.98 Å². The van der Waals surface area contributed by atoms with Gasteiger partial charge in [0.15, 0.2) is 0 Å². The van der Waals surface area contributed by atoms with E-state index < -0.39 is 0 Å². The van der Waals surface area contributed by atoms with Crippen LogP contribution < -0.4 is 0 Å². The fourth-order valence-electron chi connectivity index (χ4n) is 1.84. The van der Waals surface area contributed by atoms with E-state index in [0.29, 0.717) is 0 Å². The van der Waals surface area contributed by atoms with Gasteiger partial charge in [-0.05, 0) is 12.1 Å². The molecule has 0 aromatic carbocycles. The fraction of sp³-hybridized carbons (Fsp3) is 0.500. The van der Waals surface area contributed by atoms with E-state index in [1.807, 2.05) is 18.5 Å². The highest BCUT2D eigenvalue weighted by Gasteiger charge is 2.19. The Kier molecular flexibility index (Phi) is 3.25. The van der Waals surface area contributed by atoms with E-state index >= 15 is 0 Å². The van der Waals surface area contributed by atoms with E-state index in [9.17, 15) is 0 Å². The van der Waals surface area contributed by atoms with Crippen LogP contribution in [-0.4, -0.2) is 15.0 Å². The van der Waals surface area contributed by atoms with Gasteiger partial charge < -0.3 is 4.98 Å². The Bertz CT molecular complexity index is 568. The standard InChI is InChI=1S/C16H23N3/c1-15(2,3)12-9-11(7-8-17-12)14-18-10-13(19-14)16(4,5)6/h7-10H,1-6H3,(H,18,19). The molecule has 102 valence electrons. The Morgan fingerprint density at radius 1 is 0.947 bits per heavy atom. The first-order valence-electron chi connectivity index (χ1n) is 6.70. The zero-order valence-electron chi connectivity index (χ0n) is 12.7. The minimum Gasteiger partial charge on any atom is -0.341 e. The smallest absolute Gasteiger partial charge is 0.137 e. The molecule has 2 rings (SSSR count). The van der Waals surface area contributed by atoms with Gasteiger partial charge in [0.2, 0.25) is 0 Å². The van der Waals surface area contributed by atoms with Gasteiger partial charge >= 0.3 is 0 Å². The number of pyridine rings is 1. The van der Waals surface area contributed by atoms with Crippen LogP contribution in [0, 0.1) is 0 Å². The SMILES string of the molecule is CC(C)(C)c1cc(-c2ncc(C(C)(C)C)[nH]2)ccn1. The molecule has 0 radical (unpaired) electrons. The van der Waals surface area contributed by atoms with E-state index in [1.54, 1.807) is 0 Å². The predicted octanol–water partition coefficient (Wildman–Crippen LogP) is 4.07. The molecule has 0 saturated carbocycles. The Balaban J connectivity index is 2.40. The first-order chi connectivity index (χ1) is 8.68.